The van der Waals surface area contributed by atoms with Crippen molar-refractivity contribution in [1.29, 1.82) is 0 Å². The Balaban J connectivity index is 1.61. The van der Waals surface area contributed by atoms with E-state index in [1.165, 1.54) is 23.3 Å². The van der Waals surface area contributed by atoms with Crippen molar-refractivity contribution in [3.63, 3.8) is 0 Å². The summed E-state index contributed by atoms with van der Waals surface area (Å²) in [5, 5.41) is 7.86. The Morgan fingerprint density at radius 1 is 1.12 bits per heavy atom. The fraction of sp³-hybridized carbons (Fsp3) is 0.190. The van der Waals surface area contributed by atoms with Gasteiger partial charge >= 0.3 is 6.03 Å². The summed E-state index contributed by atoms with van der Waals surface area (Å²) < 4.78 is 13.2. The fourth-order valence-electron chi connectivity index (χ4n) is 2.80. The maximum Gasteiger partial charge on any atom is 0.315 e. The highest BCUT2D eigenvalue weighted by Gasteiger charge is 2.17. The molecule has 5 heteroatoms. The number of thiophene rings is 1. The summed E-state index contributed by atoms with van der Waals surface area (Å²) in [6.07, 6.45) is 0.773. The van der Waals surface area contributed by atoms with Gasteiger partial charge in [-0.2, -0.15) is 0 Å². The van der Waals surface area contributed by atoms with Crippen molar-refractivity contribution in [2.24, 2.45) is 0 Å². The van der Waals surface area contributed by atoms with Crippen molar-refractivity contribution in [3.05, 3.63) is 93.4 Å². The minimum absolute atomic E-state index is 0.236. The van der Waals surface area contributed by atoms with Gasteiger partial charge in [0, 0.05) is 11.4 Å². The first-order chi connectivity index (χ1) is 12.6. The van der Waals surface area contributed by atoms with Crippen LogP contribution in [0.2, 0.25) is 0 Å². The monoisotopic (exact) mass is 368 g/mol. The van der Waals surface area contributed by atoms with Gasteiger partial charge < -0.3 is 10.6 Å². The number of nitrogens with one attached hydrogen (secondary N) is 2. The van der Waals surface area contributed by atoms with Crippen LogP contribution >= 0.6 is 11.3 Å². The largest absolute Gasteiger partial charge is 0.338 e. The summed E-state index contributed by atoms with van der Waals surface area (Å²) in [5.74, 6) is -0.290. The summed E-state index contributed by atoms with van der Waals surface area (Å²) in [6.45, 7) is 2.60. The van der Waals surface area contributed by atoms with Crippen LogP contribution in [-0.4, -0.2) is 12.6 Å². The third-order valence-corrected chi connectivity index (χ3v) is 5.03. The Morgan fingerprint density at radius 2 is 1.92 bits per heavy atom. The molecule has 1 aromatic heterocycles. The molecule has 2 amide bonds. The summed E-state index contributed by atoms with van der Waals surface area (Å²) in [5.41, 5.74) is 3.25. The number of amides is 2. The van der Waals surface area contributed by atoms with Crippen LogP contribution in [0.3, 0.4) is 0 Å². The maximum absolute atomic E-state index is 13.2. The maximum atomic E-state index is 13.2. The molecule has 0 saturated carbocycles. The van der Waals surface area contributed by atoms with Crippen LogP contribution in [0.1, 0.15) is 27.6 Å². The average molecular weight is 368 g/mol. The SMILES string of the molecule is Cc1cccc(CCNC(=O)NC(c2ccc(F)cc2)c2cccs2)c1. The first-order valence-electron chi connectivity index (χ1n) is 8.50. The van der Waals surface area contributed by atoms with Gasteiger partial charge in [0.15, 0.2) is 0 Å². The number of hydrogen-bond acceptors (Lipinski definition) is 2. The lowest BCUT2D eigenvalue weighted by Crippen LogP contribution is -2.39. The van der Waals surface area contributed by atoms with Gasteiger partial charge in [-0.25, -0.2) is 9.18 Å². The highest BCUT2D eigenvalue weighted by molar-refractivity contribution is 7.10. The number of urea groups is 1. The molecule has 0 aliphatic heterocycles. The predicted molar refractivity (Wildman–Crippen MR) is 104 cm³/mol. The number of halogens is 1. The standard InChI is InChI=1S/C21H21FN2OS/c1-15-4-2-5-16(14-15)11-12-23-21(25)24-20(19-6-3-13-26-19)17-7-9-18(22)10-8-17/h2-10,13-14,20H,11-12H2,1H3,(H2,23,24,25). The quantitative estimate of drug-likeness (QED) is 0.643. The number of carbonyl (C=O) groups is 1. The molecular formula is C21H21FN2OS. The van der Waals surface area contributed by atoms with Gasteiger partial charge in [0.05, 0.1) is 6.04 Å². The molecule has 2 aromatic carbocycles. The van der Waals surface area contributed by atoms with Crippen LogP contribution in [-0.2, 0) is 6.42 Å². The Morgan fingerprint density at radius 3 is 2.62 bits per heavy atom. The van der Waals surface area contributed by atoms with E-state index in [0.29, 0.717) is 6.54 Å². The van der Waals surface area contributed by atoms with Crippen molar-refractivity contribution in [3.8, 4) is 0 Å². The minimum Gasteiger partial charge on any atom is -0.338 e. The Kier molecular flexibility index (Phi) is 6.02. The lowest BCUT2D eigenvalue weighted by Gasteiger charge is -2.18. The highest BCUT2D eigenvalue weighted by atomic mass is 32.1. The van der Waals surface area contributed by atoms with Gasteiger partial charge in [0.1, 0.15) is 5.82 Å². The lowest BCUT2D eigenvalue weighted by atomic mass is 10.1. The van der Waals surface area contributed by atoms with Crippen LogP contribution in [0.4, 0.5) is 9.18 Å². The zero-order valence-corrected chi connectivity index (χ0v) is 15.4. The molecule has 2 N–H and O–H groups in total. The smallest absolute Gasteiger partial charge is 0.315 e. The topological polar surface area (TPSA) is 41.1 Å². The molecular weight excluding hydrogens is 347 g/mol. The van der Waals surface area contributed by atoms with Gasteiger partial charge in [0.2, 0.25) is 0 Å². The molecule has 1 atom stereocenters. The Labute approximate surface area is 156 Å². The van der Waals surface area contributed by atoms with Crippen molar-refractivity contribution in [2.45, 2.75) is 19.4 Å². The number of benzene rings is 2. The van der Waals surface area contributed by atoms with Crippen molar-refractivity contribution >= 4 is 17.4 Å². The summed E-state index contributed by atoms with van der Waals surface area (Å²) in [7, 11) is 0. The molecule has 0 aliphatic carbocycles. The molecule has 0 fully saturated rings. The molecule has 1 unspecified atom stereocenters. The zero-order chi connectivity index (χ0) is 18.4. The van der Waals surface area contributed by atoms with Gasteiger partial charge in [0.25, 0.3) is 0 Å². The van der Waals surface area contributed by atoms with Crippen LogP contribution in [0, 0.1) is 12.7 Å². The molecule has 0 bridgehead atoms. The molecule has 0 aliphatic rings. The Bertz CT molecular complexity index is 847. The molecule has 26 heavy (non-hydrogen) atoms. The second kappa shape index (κ2) is 8.63. The normalized spacial score (nSPS) is 11.8. The van der Waals surface area contributed by atoms with Crippen molar-refractivity contribution in [1.82, 2.24) is 10.6 Å². The van der Waals surface area contributed by atoms with E-state index in [0.717, 1.165) is 16.9 Å². The number of aryl methyl sites for hydroxylation is 1. The van der Waals surface area contributed by atoms with Gasteiger partial charge in [-0.3, -0.25) is 0 Å². The van der Waals surface area contributed by atoms with E-state index in [9.17, 15) is 9.18 Å². The second-order valence-electron chi connectivity index (χ2n) is 6.14. The number of hydrogen-bond donors (Lipinski definition) is 2. The van der Waals surface area contributed by atoms with E-state index in [1.807, 2.05) is 23.6 Å². The predicted octanol–water partition coefficient (Wildman–Crippen LogP) is 4.83. The van der Waals surface area contributed by atoms with Crippen molar-refractivity contribution < 1.29 is 9.18 Å². The summed E-state index contributed by atoms with van der Waals surface area (Å²) in [4.78, 5) is 13.4. The first kappa shape index (κ1) is 18.1. The molecule has 0 spiro atoms. The average Bonchev–Trinajstić information content (AvgIpc) is 3.15. The van der Waals surface area contributed by atoms with E-state index >= 15 is 0 Å². The van der Waals surface area contributed by atoms with E-state index < -0.39 is 0 Å². The first-order valence-corrected chi connectivity index (χ1v) is 9.38. The molecule has 134 valence electrons. The van der Waals surface area contributed by atoms with E-state index in [2.05, 4.69) is 35.8 Å². The van der Waals surface area contributed by atoms with E-state index in [-0.39, 0.29) is 17.9 Å². The molecule has 3 rings (SSSR count). The Hall–Kier alpha value is -2.66. The number of carbonyl (C=O) groups excluding carboxylic acids is 1. The highest BCUT2D eigenvalue weighted by Crippen LogP contribution is 2.26. The number of rotatable bonds is 6. The van der Waals surface area contributed by atoms with Crippen LogP contribution in [0.5, 0.6) is 0 Å². The third kappa shape index (κ3) is 4.92. The summed E-state index contributed by atoms with van der Waals surface area (Å²) in [6, 6.07) is 17.8. The van der Waals surface area contributed by atoms with E-state index in [1.54, 1.807) is 23.5 Å². The second-order valence-corrected chi connectivity index (χ2v) is 7.12. The van der Waals surface area contributed by atoms with Crippen LogP contribution in [0.25, 0.3) is 0 Å². The zero-order valence-electron chi connectivity index (χ0n) is 14.5. The third-order valence-electron chi connectivity index (χ3n) is 4.09. The molecule has 3 aromatic rings. The molecule has 0 saturated heterocycles. The fourth-order valence-corrected chi connectivity index (χ4v) is 3.60. The minimum atomic E-state index is -0.297. The lowest BCUT2D eigenvalue weighted by molar-refractivity contribution is 0.239. The van der Waals surface area contributed by atoms with E-state index in [4.69, 9.17) is 0 Å². The van der Waals surface area contributed by atoms with Crippen molar-refractivity contribution in [2.75, 3.05) is 6.54 Å². The van der Waals surface area contributed by atoms with Crippen LogP contribution < -0.4 is 10.6 Å². The molecule has 0 radical (unpaired) electrons. The molecule has 1 heterocycles. The van der Waals surface area contributed by atoms with Gasteiger partial charge in [-0.15, -0.1) is 11.3 Å². The molecule has 3 nitrogen and oxygen atoms in total. The van der Waals surface area contributed by atoms with Gasteiger partial charge in [-0.05, 0) is 48.1 Å². The van der Waals surface area contributed by atoms with Crippen LogP contribution in [0.15, 0.2) is 66.0 Å². The summed E-state index contributed by atoms with van der Waals surface area (Å²) >= 11 is 1.56. The van der Waals surface area contributed by atoms with Gasteiger partial charge in [-0.1, -0.05) is 48.0 Å².